The van der Waals surface area contributed by atoms with E-state index in [9.17, 15) is 4.79 Å². The molecule has 8 nitrogen and oxygen atoms in total. The van der Waals surface area contributed by atoms with Crippen molar-refractivity contribution < 1.29 is 9.32 Å². The molecule has 0 radical (unpaired) electrons. The van der Waals surface area contributed by atoms with Crippen LogP contribution in [0.2, 0.25) is 0 Å². The van der Waals surface area contributed by atoms with Crippen molar-refractivity contribution >= 4 is 11.7 Å². The molecule has 1 atom stereocenters. The van der Waals surface area contributed by atoms with E-state index in [2.05, 4.69) is 34.4 Å². The van der Waals surface area contributed by atoms with Crippen LogP contribution in [0.25, 0.3) is 0 Å². The van der Waals surface area contributed by atoms with Crippen molar-refractivity contribution in [3.8, 4) is 0 Å². The molecule has 0 aliphatic carbocycles. The SMILES string of the molecule is CC(C)Cn1cc(NC(=O)N2CCCC2c2noc(C(C)C)n2)cn1. The zero-order valence-corrected chi connectivity index (χ0v) is 15.3. The second-order valence-corrected chi connectivity index (χ2v) is 7.27. The molecule has 1 fully saturated rings. The molecule has 2 amide bonds. The lowest BCUT2D eigenvalue weighted by Crippen LogP contribution is -2.34. The minimum atomic E-state index is -0.150. The van der Waals surface area contributed by atoms with E-state index < -0.39 is 0 Å². The zero-order valence-electron chi connectivity index (χ0n) is 15.3. The van der Waals surface area contributed by atoms with Gasteiger partial charge in [0.1, 0.15) is 0 Å². The molecule has 1 aliphatic rings. The van der Waals surface area contributed by atoms with Crippen molar-refractivity contribution in [3.05, 3.63) is 24.1 Å². The topological polar surface area (TPSA) is 89.1 Å². The first-order chi connectivity index (χ1) is 11.9. The fourth-order valence-electron chi connectivity index (χ4n) is 2.99. The third-order valence-corrected chi connectivity index (χ3v) is 4.20. The van der Waals surface area contributed by atoms with Crippen LogP contribution in [-0.2, 0) is 6.54 Å². The van der Waals surface area contributed by atoms with Gasteiger partial charge in [-0.2, -0.15) is 10.1 Å². The van der Waals surface area contributed by atoms with Crippen molar-refractivity contribution in [2.45, 2.75) is 59.0 Å². The van der Waals surface area contributed by atoms with Crippen molar-refractivity contribution in [2.75, 3.05) is 11.9 Å². The summed E-state index contributed by atoms with van der Waals surface area (Å²) in [5.74, 6) is 1.88. The second-order valence-electron chi connectivity index (χ2n) is 7.27. The number of carbonyl (C=O) groups excluding carboxylic acids is 1. The van der Waals surface area contributed by atoms with Gasteiger partial charge in [-0.1, -0.05) is 32.9 Å². The number of rotatable bonds is 5. The van der Waals surface area contributed by atoms with Crippen LogP contribution in [0.5, 0.6) is 0 Å². The quantitative estimate of drug-likeness (QED) is 0.896. The van der Waals surface area contributed by atoms with E-state index in [0.29, 0.717) is 29.9 Å². The summed E-state index contributed by atoms with van der Waals surface area (Å²) in [5.41, 5.74) is 0.701. The molecule has 0 bridgehead atoms. The smallest absolute Gasteiger partial charge is 0.322 e. The number of aromatic nitrogens is 4. The molecule has 25 heavy (non-hydrogen) atoms. The third kappa shape index (κ3) is 4.00. The standard InChI is InChI=1S/C17H26N6O2/c1-11(2)9-22-10-13(8-18-22)19-17(24)23-7-5-6-14(23)15-20-16(12(3)4)25-21-15/h8,10-12,14H,5-7,9H2,1-4H3,(H,19,24). The van der Waals surface area contributed by atoms with Gasteiger partial charge in [-0.15, -0.1) is 0 Å². The number of amides is 2. The van der Waals surface area contributed by atoms with Gasteiger partial charge in [0.15, 0.2) is 5.82 Å². The summed E-state index contributed by atoms with van der Waals surface area (Å²) in [6, 6.07) is -0.288. The highest BCUT2D eigenvalue weighted by Gasteiger charge is 2.33. The Balaban J connectivity index is 1.67. The Morgan fingerprint density at radius 2 is 2.20 bits per heavy atom. The molecule has 3 rings (SSSR count). The molecule has 0 saturated carbocycles. The van der Waals surface area contributed by atoms with E-state index in [0.717, 1.165) is 19.4 Å². The van der Waals surface area contributed by atoms with Crippen molar-refractivity contribution in [3.63, 3.8) is 0 Å². The minimum Gasteiger partial charge on any atom is -0.339 e. The van der Waals surface area contributed by atoms with E-state index >= 15 is 0 Å². The van der Waals surface area contributed by atoms with Crippen LogP contribution in [0.15, 0.2) is 16.9 Å². The predicted molar refractivity (Wildman–Crippen MR) is 93.2 cm³/mol. The van der Waals surface area contributed by atoms with Gasteiger partial charge in [0.05, 0.1) is 17.9 Å². The highest BCUT2D eigenvalue weighted by atomic mass is 16.5. The molecule has 2 aromatic heterocycles. The van der Waals surface area contributed by atoms with Crippen LogP contribution in [0.4, 0.5) is 10.5 Å². The van der Waals surface area contributed by atoms with Crippen LogP contribution in [-0.4, -0.2) is 37.4 Å². The lowest BCUT2D eigenvalue weighted by Gasteiger charge is -2.22. The van der Waals surface area contributed by atoms with Crippen molar-refractivity contribution in [1.82, 2.24) is 24.8 Å². The molecule has 2 aromatic rings. The van der Waals surface area contributed by atoms with E-state index in [4.69, 9.17) is 4.52 Å². The maximum Gasteiger partial charge on any atom is 0.322 e. The summed E-state index contributed by atoms with van der Waals surface area (Å²) in [5, 5.41) is 11.3. The molecule has 136 valence electrons. The summed E-state index contributed by atoms with van der Waals surface area (Å²) < 4.78 is 7.14. The van der Waals surface area contributed by atoms with Crippen molar-refractivity contribution in [1.29, 1.82) is 0 Å². The number of hydrogen-bond donors (Lipinski definition) is 1. The number of urea groups is 1. The van der Waals surface area contributed by atoms with Crippen molar-refractivity contribution in [2.24, 2.45) is 5.92 Å². The first kappa shape index (κ1) is 17.4. The molecule has 1 aliphatic heterocycles. The molecule has 1 saturated heterocycles. The van der Waals surface area contributed by atoms with Crippen LogP contribution >= 0.6 is 0 Å². The number of nitrogens with one attached hydrogen (secondary N) is 1. The van der Waals surface area contributed by atoms with Gasteiger partial charge in [-0.25, -0.2) is 4.79 Å². The van der Waals surface area contributed by atoms with Crippen LogP contribution in [0.3, 0.4) is 0 Å². The Morgan fingerprint density at radius 3 is 2.88 bits per heavy atom. The fourth-order valence-corrected chi connectivity index (χ4v) is 2.99. The first-order valence-corrected chi connectivity index (χ1v) is 8.87. The molecular weight excluding hydrogens is 320 g/mol. The second kappa shape index (κ2) is 7.25. The van der Waals surface area contributed by atoms with E-state index in [1.807, 2.05) is 24.7 Å². The monoisotopic (exact) mass is 346 g/mol. The van der Waals surface area contributed by atoms with E-state index in [-0.39, 0.29) is 18.0 Å². The number of likely N-dealkylation sites (tertiary alicyclic amines) is 1. The Labute approximate surface area is 147 Å². The maximum atomic E-state index is 12.7. The molecule has 1 N–H and O–H groups in total. The molecular formula is C17H26N6O2. The Bertz CT molecular complexity index is 720. The summed E-state index contributed by atoms with van der Waals surface area (Å²) in [6.45, 7) is 9.78. The highest BCUT2D eigenvalue weighted by Crippen LogP contribution is 2.31. The Kier molecular flexibility index (Phi) is 5.06. The lowest BCUT2D eigenvalue weighted by molar-refractivity contribution is 0.203. The van der Waals surface area contributed by atoms with Gasteiger partial charge in [0, 0.05) is 25.2 Å². The number of anilines is 1. The van der Waals surface area contributed by atoms with E-state index in [1.54, 1.807) is 11.1 Å². The van der Waals surface area contributed by atoms with Gasteiger partial charge in [-0.05, 0) is 18.8 Å². The number of hydrogen-bond acceptors (Lipinski definition) is 5. The Morgan fingerprint density at radius 1 is 1.40 bits per heavy atom. The van der Waals surface area contributed by atoms with Gasteiger partial charge >= 0.3 is 6.03 Å². The zero-order chi connectivity index (χ0) is 18.0. The van der Waals surface area contributed by atoms with Gasteiger partial charge in [0.2, 0.25) is 5.89 Å². The molecule has 0 aromatic carbocycles. The number of nitrogens with zero attached hydrogens (tertiary/aromatic N) is 5. The number of carbonyl (C=O) groups is 1. The van der Waals surface area contributed by atoms with Crippen LogP contribution in [0, 0.1) is 5.92 Å². The average molecular weight is 346 g/mol. The maximum absolute atomic E-state index is 12.7. The minimum absolute atomic E-state index is 0.137. The predicted octanol–water partition coefficient (Wildman–Crippen LogP) is 3.41. The average Bonchev–Trinajstić information content (AvgIpc) is 3.26. The van der Waals surface area contributed by atoms with Gasteiger partial charge in [0.25, 0.3) is 0 Å². The fraction of sp³-hybridized carbons (Fsp3) is 0.647. The largest absolute Gasteiger partial charge is 0.339 e. The summed E-state index contributed by atoms with van der Waals surface area (Å²) >= 11 is 0. The summed E-state index contributed by atoms with van der Waals surface area (Å²) in [6.07, 6.45) is 5.30. The highest BCUT2D eigenvalue weighted by molar-refractivity contribution is 5.89. The Hall–Kier alpha value is -2.38. The van der Waals surface area contributed by atoms with E-state index in [1.165, 1.54) is 0 Å². The molecule has 0 spiro atoms. The van der Waals surface area contributed by atoms with Crippen LogP contribution < -0.4 is 5.32 Å². The molecule has 3 heterocycles. The summed E-state index contributed by atoms with van der Waals surface area (Å²) in [4.78, 5) is 18.9. The lowest BCUT2D eigenvalue weighted by atomic mass is 10.2. The first-order valence-electron chi connectivity index (χ1n) is 8.87. The molecule has 1 unspecified atom stereocenters. The van der Waals surface area contributed by atoms with Crippen LogP contribution in [0.1, 0.15) is 64.2 Å². The summed E-state index contributed by atoms with van der Waals surface area (Å²) in [7, 11) is 0. The molecule has 8 heteroatoms. The van der Waals surface area contributed by atoms with Gasteiger partial charge < -0.3 is 14.7 Å². The van der Waals surface area contributed by atoms with Gasteiger partial charge in [-0.3, -0.25) is 4.68 Å². The third-order valence-electron chi connectivity index (χ3n) is 4.20. The normalized spacial score (nSPS) is 17.7.